The van der Waals surface area contributed by atoms with E-state index in [4.69, 9.17) is 0 Å². The highest BCUT2D eigenvalue weighted by Crippen LogP contribution is 2.62. The Morgan fingerprint density at radius 2 is 2.08 bits per heavy atom. The van der Waals surface area contributed by atoms with Crippen molar-refractivity contribution in [1.29, 1.82) is 0 Å². The van der Waals surface area contributed by atoms with Crippen molar-refractivity contribution >= 4 is 11.6 Å². The monoisotopic (exact) mass is 184 g/mol. The fourth-order valence-electron chi connectivity index (χ4n) is 2.89. The van der Waals surface area contributed by atoms with Gasteiger partial charge in [0.25, 0.3) is 0 Å². The van der Waals surface area contributed by atoms with Crippen LogP contribution in [0, 0.1) is 16.7 Å². The van der Waals surface area contributed by atoms with Crippen LogP contribution < -0.4 is 0 Å². The molecule has 13 heavy (non-hydrogen) atoms. The Bertz CT molecular complexity index is 299. The maximum atomic E-state index is 12.9. The number of ketones is 2. The van der Waals surface area contributed by atoms with E-state index in [1.54, 1.807) is 13.8 Å². The molecule has 0 N–H and O–H groups in total. The maximum absolute atomic E-state index is 12.9. The van der Waals surface area contributed by atoms with Crippen LogP contribution in [0.15, 0.2) is 0 Å². The van der Waals surface area contributed by atoms with Gasteiger partial charge < -0.3 is 0 Å². The average Bonchev–Trinajstić information content (AvgIpc) is 2.44. The molecule has 2 fully saturated rings. The van der Waals surface area contributed by atoms with Gasteiger partial charge in [0.1, 0.15) is 0 Å². The number of fused-ring (bicyclic) bond motifs is 2. The molecule has 2 saturated carbocycles. The minimum Gasteiger partial charge on any atom is -0.291 e. The third kappa shape index (κ3) is 0.697. The van der Waals surface area contributed by atoms with Crippen LogP contribution in [-0.2, 0) is 9.59 Å². The van der Waals surface area contributed by atoms with Crippen LogP contribution in [0.25, 0.3) is 0 Å². The van der Waals surface area contributed by atoms with Crippen molar-refractivity contribution in [1.82, 2.24) is 0 Å². The lowest BCUT2D eigenvalue weighted by atomic mass is 9.70. The van der Waals surface area contributed by atoms with Crippen LogP contribution in [0.5, 0.6) is 0 Å². The van der Waals surface area contributed by atoms with Crippen LogP contribution in [0.4, 0.5) is 4.39 Å². The molecule has 0 aromatic rings. The van der Waals surface area contributed by atoms with Gasteiger partial charge in [-0.15, -0.1) is 0 Å². The van der Waals surface area contributed by atoms with Gasteiger partial charge in [0, 0.05) is 16.7 Å². The molecule has 72 valence electrons. The van der Waals surface area contributed by atoms with Crippen LogP contribution in [-0.4, -0.2) is 18.2 Å². The molecule has 3 atom stereocenters. The van der Waals surface area contributed by atoms with Crippen LogP contribution in [0.3, 0.4) is 0 Å². The zero-order valence-electron chi connectivity index (χ0n) is 7.89. The number of Topliss-reactive ketones (excluding diaryl/α,β-unsaturated/α-hetero) is 2. The van der Waals surface area contributed by atoms with Crippen LogP contribution in [0.2, 0.25) is 0 Å². The lowest BCUT2D eigenvalue weighted by Crippen LogP contribution is -2.36. The Morgan fingerprint density at radius 1 is 1.46 bits per heavy atom. The summed E-state index contributed by atoms with van der Waals surface area (Å²) in [5, 5.41) is 0. The van der Waals surface area contributed by atoms with Crippen molar-refractivity contribution in [2.24, 2.45) is 16.7 Å². The van der Waals surface area contributed by atoms with Gasteiger partial charge >= 0.3 is 0 Å². The Labute approximate surface area is 76.5 Å². The van der Waals surface area contributed by atoms with E-state index in [2.05, 4.69) is 0 Å². The smallest absolute Gasteiger partial charge is 0.205 e. The Balaban J connectivity index is 2.55. The molecule has 0 aliphatic heterocycles. The van der Waals surface area contributed by atoms with E-state index in [1.807, 2.05) is 0 Å². The SMILES string of the molecule is CC1(CF)C2CC[C@]1(C)C(=O)C2=O. The van der Waals surface area contributed by atoms with Crippen molar-refractivity contribution < 1.29 is 14.0 Å². The van der Waals surface area contributed by atoms with Gasteiger partial charge in [-0.25, -0.2) is 0 Å². The van der Waals surface area contributed by atoms with Crippen LogP contribution in [0.1, 0.15) is 26.7 Å². The molecule has 0 radical (unpaired) electrons. The molecule has 2 aliphatic rings. The van der Waals surface area contributed by atoms with Crippen molar-refractivity contribution in [3.63, 3.8) is 0 Å². The number of alkyl halides is 1. The van der Waals surface area contributed by atoms with Gasteiger partial charge in [0.15, 0.2) is 0 Å². The lowest BCUT2D eigenvalue weighted by molar-refractivity contribution is -0.141. The molecule has 0 aromatic carbocycles. The fourth-order valence-corrected chi connectivity index (χ4v) is 2.89. The van der Waals surface area contributed by atoms with E-state index in [9.17, 15) is 14.0 Å². The summed E-state index contributed by atoms with van der Waals surface area (Å²) in [6.07, 6.45) is 1.35. The molecular weight excluding hydrogens is 171 g/mol. The van der Waals surface area contributed by atoms with Gasteiger partial charge in [0.2, 0.25) is 11.6 Å². The van der Waals surface area contributed by atoms with Crippen molar-refractivity contribution in [2.75, 3.05) is 6.67 Å². The van der Waals surface area contributed by atoms with Crippen LogP contribution >= 0.6 is 0 Å². The average molecular weight is 184 g/mol. The highest BCUT2D eigenvalue weighted by Gasteiger charge is 2.68. The molecule has 2 rings (SSSR count). The summed E-state index contributed by atoms with van der Waals surface area (Å²) in [7, 11) is 0. The first-order valence-corrected chi connectivity index (χ1v) is 4.62. The van der Waals surface area contributed by atoms with Gasteiger partial charge in [-0.2, -0.15) is 0 Å². The normalized spacial score (nSPS) is 49.0. The van der Waals surface area contributed by atoms with E-state index in [0.717, 1.165) is 0 Å². The molecule has 0 saturated heterocycles. The molecule has 2 unspecified atom stereocenters. The van der Waals surface area contributed by atoms with Crippen molar-refractivity contribution in [3.05, 3.63) is 0 Å². The third-order valence-electron chi connectivity index (χ3n) is 4.28. The van der Waals surface area contributed by atoms with Gasteiger partial charge in [0.05, 0.1) is 6.67 Å². The summed E-state index contributed by atoms with van der Waals surface area (Å²) < 4.78 is 12.9. The van der Waals surface area contributed by atoms with Gasteiger partial charge in [-0.3, -0.25) is 14.0 Å². The molecule has 0 aromatic heterocycles. The largest absolute Gasteiger partial charge is 0.291 e. The van der Waals surface area contributed by atoms with Gasteiger partial charge in [-0.05, 0) is 12.8 Å². The highest BCUT2D eigenvalue weighted by atomic mass is 19.1. The Hall–Kier alpha value is -0.730. The highest BCUT2D eigenvalue weighted by molar-refractivity contribution is 6.43. The fraction of sp³-hybridized carbons (Fsp3) is 0.800. The molecule has 3 heteroatoms. The predicted molar refractivity (Wildman–Crippen MR) is 44.9 cm³/mol. The molecule has 0 heterocycles. The van der Waals surface area contributed by atoms with Gasteiger partial charge in [-0.1, -0.05) is 13.8 Å². The molecule has 0 spiro atoms. The number of halogens is 1. The minimum atomic E-state index is -0.721. The quantitative estimate of drug-likeness (QED) is 0.579. The first-order chi connectivity index (χ1) is 5.97. The molecular formula is C10H13FO2. The number of carbonyl (C=O) groups is 2. The summed E-state index contributed by atoms with van der Waals surface area (Å²) in [4.78, 5) is 23.0. The van der Waals surface area contributed by atoms with E-state index in [-0.39, 0.29) is 17.5 Å². The second kappa shape index (κ2) is 2.20. The summed E-state index contributed by atoms with van der Waals surface area (Å²) in [6, 6.07) is 0. The first kappa shape index (κ1) is 8.85. The minimum absolute atomic E-state index is 0.339. The lowest BCUT2D eigenvalue weighted by Gasteiger charge is -2.32. The predicted octanol–water partition coefficient (Wildman–Crippen LogP) is 1.53. The molecule has 2 bridgehead atoms. The third-order valence-corrected chi connectivity index (χ3v) is 4.28. The summed E-state index contributed by atoms with van der Waals surface area (Å²) in [6.45, 7) is 2.90. The van der Waals surface area contributed by atoms with E-state index >= 15 is 0 Å². The van der Waals surface area contributed by atoms with Crippen molar-refractivity contribution in [2.45, 2.75) is 26.7 Å². The molecule has 2 aliphatic carbocycles. The standard InChI is InChI=1S/C10H13FO2/c1-9-4-3-6(7(12)8(9)13)10(9,2)5-11/h6H,3-5H2,1-2H3/t6?,9-,10?/m1/s1. The number of carbonyl (C=O) groups excluding carboxylic acids is 2. The van der Waals surface area contributed by atoms with Crippen molar-refractivity contribution in [3.8, 4) is 0 Å². The first-order valence-electron chi connectivity index (χ1n) is 4.62. The van der Waals surface area contributed by atoms with E-state index in [1.165, 1.54) is 0 Å². The Morgan fingerprint density at radius 3 is 2.38 bits per heavy atom. The zero-order valence-corrected chi connectivity index (χ0v) is 7.89. The number of hydrogen-bond acceptors (Lipinski definition) is 2. The van der Waals surface area contributed by atoms with E-state index in [0.29, 0.717) is 12.8 Å². The number of hydrogen-bond donors (Lipinski definition) is 0. The number of rotatable bonds is 1. The zero-order chi connectivity index (χ0) is 9.85. The second-order valence-corrected chi connectivity index (χ2v) is 4.67. The summed E-state index contributed by atoms with van der Waals surface area (Å²) >= 11 is 0. The molecule has 0 amide bonds. The van der Waals surface area contributed by atoms with E-state index < -0.39 is 17.5 Å². The maximum Gasteiger partial charge on any atom is 0.205 e. The molecule has 2 nitrogen and oxygen atoms in total. The summed E-state index contributed by atoms with van der Waals surface area (Å²) in [5.74, 6) is -1.03. The second-order valence-electron chi connectivity index (χ2n) is 4.67. The Kier molecular flexibility index (Phi) is 1.49. The topological polar surface area (TPSA) is 34.1 Å². The summed E-state index contributed by atoms with van der Waals surface area (Å²) in [5.41, 5.74) is -1.44.